The SMILES string of the molecule is CN1CCc2c(Cl)ccc3oc(C(=O)N(C)C)c(c23)C1.CNC. The van der Waals surface area contributed by atoms with Crippen molar-refractivity contribution in [2.45, 2.75) is 13.0 Å². The molecule has 0 saturated heterocycles. The first-order chi connectivity index (χ1) is 10.9. The van der Waals surface area contributed by atoms with E-state index in [1.807, 2.05) is 33.3 Å². The van der Waals surface area contributed by atoms with Crippen molar-refractivity contribution in [1.82, 2.24) is 15.1 Å². The summed E-state index contributed by atoms with van der Waals surface area (Å²) in [6.07, 6.45) is 0.870. The molecule has 0 bridgehead atoms. The third-order valence-corrected chi connectivity index (χ3v) is 4.13. The van der Waals surface area contributed by atoms with Crippen LogP contribution in [-0.2, 0) is 13.0 Å². The van der Waals surface area contributed by atoms with Crippen molar-refractivity contribution in [3.05, 3.63) is 34.0 Å². The molecule has 1 amide bonds. The minimum absolute atomic E-state index is 0.103. The van der Waals surface area contributed by atoms with Crippen LogP contribution in [0.2, 0.25) is 5.02 Å². The number of rotatable bonds is 1. The summed E-state index contributed by atoms with van der Waals surface area (Å²) in [6, 6.07) is 3.70. The lowest BCUT2D eigenvalue weighted by atomic mass is 10.0. The van der Waals surface area contributed by atoms with Crippen molar-refractivity contribution in [2.75, 3.05) is 41.8 Å². The van der Waals surface area contributed by atoms with Gasteiger partial charge in [-0.2, -0.15) is 0 Å². The Morgan fingerprint density at radius 1 is 1.30 bits per heavy atom. The Bertz CT molecular complexity index is 709. The van der Waals surface area contributed by atoms with E-state index < -0.39 is 0 Å². The maximum Gasteiger partial charge on any atom is 0.289 e. The van der Waals surface area contributed by atoms with Crippen LogP contribution in [0.15, 0.2) is 16.5 Å². The molecule has 0 aliphatic carbocycles. The highest BCUT2D eigenvalue weighted by Crippen LogP contribution is 2.36. The predicted molar refractivity (Wildman–Crippen MR) is 94.3 cm³/mol. The van der Waals surface area contributed by atoms with Crippen LogP contribution in [0.4, 0.5) is 0 Å². The summed E-state index contributed by atoms with van der Waals surface area (Å²) in [5, 5.41) is 4.52. The van der Waals surface area contributed by atoms with Gasteiger partial charge in [0.1, 0.15) is 5.58 Å². The van der Waals surface area contributed by atoms with E-state index in [1.165, 1.54) is 0 Å². The second kappa shape index (κ2) is 7.34. The van der Waals surface area contributed by atoms with Gasteiger partial charge in [-0.3, -0.25) is 4.79 Å². The van der Waals surface area contributed by atoms with E-state index in [4.69, 9.17) is 16.0 Å². The van der Waals surface area contributed by atoms with E-state index in [0.717, 1.165) is 40.1 Å². The zero-order valence-electron chi connectivity index (χ0n) is 14.4. The van der Waals surface area contributed by atoms with Crippen LogP contribution in [0.25, 0.3) is 11.0 Å². The molecule has 0 atom stereocenters. The lowest BCUT2D eigenvalue weighted by molar-refractivity contribution is 0.0796. The summed E-state index contributed by atoms with van der Waals surface area (Å²) >= 11 is 6.33. The molecule has 0 fully saturated rings. The zero-order chi connectivity index (χ0) is 17.1. The van der Waals surface area contributed by atoms with E-state index in [9.17, 15) is 4.79 Å². The van der Waals surface area contributed by atoms with Gasteiger partial charge in [0.15, 0.2) is 5.76 Å². The van der Waals surface area contributed by atoms with Crippen molar-refractivity contribution in [3.8, 4) is 0 Å². The molecule has 5 nitrogen and oxygen atoms in total. The van der Waals surface area contributed by atoms with Gasteiger partial charge in [-0.15, -0.1) is 0 Å². The van der Waals surface area contributed by atoms with Gasteiger partial charge in [0.2, 0.25) is 0 Å². The van der Waals surface area contributed by atoms with Gasteiger partial charge in [0.05, 0.1) is 0 Å². The fraction of sp³-hybridized carbons (Fsp3) is 0.471. The second-order valence-electron chi connectivity index (χ2n) is 6.00. The molecule has 2 aromatic rings. The number of furan rings is 1. The highest BCUT2D eigenvalue weighted by molar-refractivity contribution is 6.32. The molecule has 0 saturated carbocycles. The maximum absolute atomic E-state index is 12.3. The molecule has 0 unspecified atom stereocenters. The highest BCUT2D eigenvalue weighted by atomic mass is 35.5. The first kappa shape index (κ1) is 17.8. The lowest BCUT2D eigenvalue weighted by Crippen LogP contribution is -2.24. The van der Waals surface area contributed by atoms with Crippen molar-refractivity contribution in [3.63, 3.8) is 0 Å². The summed E-state index contributed by atoms with van der Waals surface area (Å²) in [5.74, 6) is 0.329. The van der Waals surface area contributed by atoms with Gasteiger partial charge in [-0.25, -0.2) is 0 Å². The molecule has 6 heteroatoms. The molecule has 1 aliphatic heterocycles. The third kappa shape index (κ3) is 3.52. The van der Waals surface area contributed by atoms with E-state index in [1.54, 1.807) is 19.0 Å². The average Bonchev–Trinajstić information content (AvgIpc) is 2.74. The van der Waals surface area contributed by atoms with Gasteiger partial charge in [0, 0.05) is 43.2 Å². The first-order valence-corrected chi connectivity index (χ1v) is 7.99. The normalized spacial score (nSPS) is 14.2. The molecular formula is C17H24ClN3O2. The Labute approximate surface area is 142 Å². The van der Waals surface area contributed by atoms with Crippen LogP contribution < -0.4 is 5.32 Å². The van der Waals surface area contributed by atoms with E-state index in [2.05, 4.69) is 10.2 Å². The van der Waals surface area contributed by atoms with Crippen molar-refractivity contribution < 1.29 is 9.21 Å². The Kier molecular flexibility index (Phi) is 5.68. The van der Waals surface area contributed by atoms with Gasteiger partial charge < -0.3 is 19.5 Å². The van der Waals surface area contributed by atoms with Crippen LogP contribution in [0.1, 0.15) is 21.7 Å². The van der Waals surface area contributed by atoms with Gasteiger partial charge in [-0.05, 0) is 45.3 Å². The van der Waals surface area contributed by atoms with Crippen LogP contribution in [-0.4, -0.2) is 57.5 Å². The Morgan fingerprint density at radius 2 is 1.96 bits per heavy atom. The number of nitrogens with one attached hydrogen (secondary N) is 1. The number of benzene rings is 1. The van der Waals surface area contributed by atoms with Crippen LogP contribution in [0.3, 0.4) is 0 Å². The highest BCUT2D eigenvalue weighted by Gasteiger charge is 2.27. The van der Waals surface area contributed by atoms with Gasteiger partial charge in [-0.1, -0.05) is 11.6 Å². The van der Waals surface area contributed by atoms with Crippen LogP contribution in [0, 0.1) is 0 Å². The molecule has 1 N–H and O–H groups in total. The Balaban J connectivity index is 0.000000595. The summed E-state index contributed by atoms with van der Waals surface area (Å²) < 4.78 is 5.82. The van der Waals surface area contributed by atoms with E-state index in [-0.39, 0.29) is 5.91 Å². The maximum atomic E-state index is 12.3. The molecule has 0 radical (unpaired) electrons. The Hall–Kier alpha value is -1.56. The smallest absolute Gasteiger partial charge is 0.289 e. The zero-order valence-corrected chi connectivity index (χ0v) is 15.1. The summed E-state index contributed by atoms with van der Waals surface area (Å²) in [6.45, 7) is 1.62. The first-order valence-electron chi connectivity index (χ1n) is 7.62. The molecule has 2 heterocycles. The number of likely N-dealkylation sites (N-methyl/N-ethyl adjacent to an activating group) is 1. The largest absolute Gasteiger partial charge is 0.451 e. The summed E-state index contributed by atoms with van der Waals surface area (Å²) in [5.41, 5.74) is 2.79. The fourth-order valence-corrected chi connectivity index (χ4v) is 2.98. The van der Waals surface area contributed by atoms with E-state index in [0.29, 0.717) is 12.3 Å². The summed E-state index contributed by atoms with van der Waals surface area (Å²) in [7, 11) is 9.26. The van der Waals surface area contributed by atoms with Crippen molar-refractivity contribution in [1.29, 1.82) is 0 Å². The number of carbonyl (C=O) groups excluding carboxylic acids is 1. The fourth-order valence-electron chi connectivity index (χ4n) is 2.72. The minimum Gasteiger partial charge on any atom is -0.451 e. The predicted octanol–water partition coefficient (Wildman–Crippen LogP) is 2.61. The number of nitrogens with zero attached hydrogens (tertiary/aromatic N) is 2. The summed E-state index contributed by atoms with van der Waals surface area (Å²) in [4.78, 5) is 16.0. The number of amides is 1. The van der Waals surface area contributed by atoms with Crippen molar-refractivity contribution >= 4 is 28.5 Å². The average molecular weight is 338 g/mol. The standard InChI is InChI=1S/C15H17ClN2O2.C2H7N/c1-17(2)15(19)14-10-8-18(3)7-6-9-11(16)4-5-12(20-14)13(9)10;1-3-2/h4-5H,6-8H2,1-3H3;3H,1-2H3. The monoisotopic (exact) mass is 337 g/mol. The molecule has 23 heavy (non-hydrogen) atoms. The van der Waals surface area contributed by atoms with Gasteiger partial charge in [0.25, 0.3) is 5.91 Å². The number of hydrogen-bond acceptors (Lipinski definition) is 4. The second-order valence-corrected chi connectivity index (χ2v) is 6.40. The quantitative estimate of drug-likeness (QED) is 0.869. The molecule has 0 spiro atoms. The van der Waals surface area contributed by atoms with E-state index >= 15 is 0 Å². The third-order valence-electron chi connectivity index (χ3n) is 3.78. The number of halogens is 1. The molecule has 1 aromatic heterocycles. The molecular weight excluding hydrogens is 314 g/mol. The topological polar surface area (TPSA) is 48.7 Å². The van der Waals surface area contributed by atoms with Crippen LogP contribution in [0.5, 0.6) is 0 Å². The lowest BCUT2D eigenvalue weighted by Gasteiger charge is -2.14. The van der Waals surface area contributed by atoms with Crippen LogP contribution >= 0.6 is 11.6 Å². The minimum atomic E-state index is -0.103. The number of carbonyl (C=O) groups is 1. The van der Waals surface area contributed by atoms with Crippen molar-refractivity contribution in [2.24, 2.45) is 0 Å². The van der Waals surface area contributed by atoms with Gasteiger partial charge >= 0.3 is 0 Å². The molecule has 3 rings (SSSR count). The molecule has 1 aromatic carbocycles. The molecule has 1 aliphatic rings. The Morgan fingerprint density at radius 3 is 2.57 bits per heavy atom. The molecule has 126 valence electrons. The number of hydrogen-bond donors (Lipinski definition) is 1.